The molecule has 0 unspecified atom stereocenters. The maximum Gasteiger partial charge on any atom is 0.0435 e. The predicted molar refractivity (Wildman–Crippen MR) is 58.5 cm³/mol. The molecule has 0 N–H and O–H groups in total. The molecule has 0 aromatic carbocycles. The number of allylic oxidation sites excluding steroid dienone is 3. The molecule has 0 radical (unpaired) electrons. The quantitative estimate of drug-likeness (QED) is 0.595. The summed E-state index contributed by atoms with van der Waals surface area (Å²) in [7, 11) is 0. The number of hydrogen-bond acceptors (Lipinski definition) is 1. The summed E-state index contributed by atoms with van der Waals surface area (Å²) in [6, 6.07) is 0.542. The van der Waals surface area contributed by atoms with Gasteiger partial charge in [-0.3, -0.25) is 0 Å². The molecule has 1 nitrogen and oxygen atoms in total. The summed E-state index contributed by atoms with van der Waals surface area (Å²) in [4.78, 5) is 2.34. The van der Waals surface area contributed by atoms with Crippen molar-refractivity contribution in [2.24, 2.45) is 0 Å². The van der Waals surface area contributed by atoms with Gasteiger partial charge in [0.1, 0.15) is 0 Å². The summed E-state index contributed by atoms with van der Waals surface area (Å²) in [5, 5.41) is 0. The average Bonchev–Trinajstić information content (AvgIpc) is 2.41. The van der Waals surface area contributed by atoms with Gasteiger partial charge in [-0.1, -0.05) is 18.7 Å². The predicted octanol–water partition coefficient (Wildman–Crippen LogP) is 3.12. The zero-order valence-electron chi connectivity index (χ0n) is 9.09. The second kappa shape index (κ2) is 3.82. The van der Waals surface area contributed by atoms with Crippen LogP contribution in [0.15, 0.2) is 35.6 Å². The Morgan fingerprint density at radius 2 is 1.92 bits per heavy atom. The van der Waals surface area contributed by atoms with E-state index in [2.05, 4.69) is 51.3 Å². The molecule has 1 aliphatic rings. The zero-order valence-corrected chi connectivity index (χ0v) is 9.09. The van der Waals surface area contributed by atoms with Gasteiger partial charge in [0.2, 0.25) is 0 Å². The first-order chi connectivity index (χ1) is 6.11. The van der Waals surface area contributed by atoms with Crippen molar-refractivity contribution in [3.63, 3.8) is 0 Å². The fourth-order valence-electron chi connectivity index (χ4n) is 1.80. The molecule has 0 bridgehead atoms. The van der Waals surface area contributed by atoms with Gasteiger partial charge in [0.15, 0.2) is 0 Å². The molecule has 0 spiro atoms. The monoisotopic (exact) mass is 177 g/mol. The van der Waals surface area contributed by atoms with E-state index in [0.29, 0.717) is 6.04 Å². The highest BCUT2D eigenvalue weighted by atomic mass is 15.2. The maximum absolute atomic E-state index is 4.12. The first-order valence-electron chi connectivity index (χ1n) is 4.89. The van der Waals surface area contributed by atoms with Crippen LogP contribution in [0.2, 0.25) is 0 Å². The Labute approximate surface area is 81.4 Å². The van der Waals surface area contributed by atoms with E-state index in [0.717, 1.165) is 6.54 Å². The minimum absolute atomic E-state index is 0.542. The summed E-state index contributed by atoms with van der Waals surface area (Å²) >= 11 is 0. The lowest BCUT2D eigenvalue weighted by molar-refractivity contribution is 0.337. The molecule has 1 fully saturated rings. The molecule has 1 aliphatic heterocycles. The SMILES string of the molecule is C=C1C(=C/C)/C(=C\C)CN1C(C)C. The van der Waals surface area contributed by atoms with E-state index in [4.69, 9.17) is 0 Å². The van der Waals surface area contributed by atoms with Crippen molar-refractivity contribution in [3.8, 4) is 0 Å². The highest BCUT2D eigenvalue weighted by Gasteiger charge is 2.25. The summed E-state index contributed by atoms with van der Waals surface area (Å²) < 4.78 is 0. The standard InChI is InChI=1S/C12H19N/c1-6-11-8-13(9(3)4)10(5)12(11)7-2/h6-7,9H,5,8H2,1-4H3/b11-6-,12-7-. The topological polar surface area (TPSA) is 3.24 Å². The van der Waals surface area contributed by atoms with Crippen molar-refractivity contribution in [3.05, 3.63) is 35.6 Å². The van der Waals surface area contributed by atoms with Crippen LogP contribution in [-0.4, -0.2) is 17.5 Å². The lowest BCUT2D eigenvalue weighted by atomic mass is 10.1. The van der Waals surface area contributed by atoms with E-state index in [1.54, 1.807) is 0 Å². The molecular formula is C12H19N. The van der Waals surface area contributed by atoms with Crippen LogP contribution in [0.25, 0.3) is 0 Å². The Bertz CT molecular complexity index is 269. The van der Waals surface area contributed by atoms with Crippen LogP contribution in [0.3, 0.4) is 0 Å². The van der Waals surface area contributed by atoms with Crippen molar-refractivity contribution >= 4 is 0 Å². The van der Waals surface area contributed by atoms with E-state index in [1.807, 2.05) is 0 Å². The number of rotatable bonds is 1. The first kappa shape index (κ1) is 10.1. The molecule has 0 aromatic heterocycles. The molecule has 1 rings (SSSR count). The normalized spacial score (nSPS) is 24.1. The molecule has 0 aliphatic carbocycles. The van der Waals surface area contributed by atoms with Gasteiger partial charge in [-0.2, -0.15) is 0 Å². The zero-order chi connectivity index (χ0) is 10.0. The molecule has 1 saturated heterocycles. The van der Waals surface area contributed by atoms with E-state index in [-0.39, 0.29) is 0 Å². The Kier molecular flexibility index (Phi) is 2.97. The van der Waals surface area contributed by atoms with Crippen LogP contribution in [-0.2, 0) is 0 Å². The lowest BCUT2D eigenvalue weighted by Gasteiger charge is -2.23. The average molecular weight is 177 g/mol. The number of nitrogens with zero attached hydrogens (tertiary/aromatic N) is 1. The van der Waals surface area contributed by atoms with Crippen molar-refractivity contribution < 1.29 is 0 Å². The van der Waals surface area contributed by atoms with Crippen LogP contribution in [0.5, 0.6) is 0 Å². The van der Waals surface area contributed by atoms with Crippen LogP contribution < -0.4 is 0 Å². The highest BCUT2D eigenvalue weighted by molar-refractivity contribution is 5.50. The van der Waals surface area contributed by atoms with Crippen LogP contribution in [0.4, 0.5) is 0 Å². The summed E-state index contributed by atoms with van der Waals surface area (Å²) in [5.41, 5.74) is 3.89. The van der Waals surface area contributed by atoms with Crippen molar-refractivity contribution in [2.75, 3.05) is 6.54 Å². The highest BCUT2D eigenvalue weighted by Crippen LogP contribution is 2.31. The molecule has 1 heterocycles. The summed E-state index contributed by atoms with van der Waals surface area (Å²) in [6.45, 7) is 13.7. The Morgan fingerprint density at radius 1 is 1.31 bits per heavy atom. The lowest BCUT2D eigenvalue weighted by Crippen LogP contribution is -2.25. The first-order valence-corrected chi connectivity index (χ1v) is 4.89. The smallest absolute Gasteiger partial charge is 0.0435 e. The molecule has 0 amide bonds. The van der Waals surface area contributed by atoms with Gasteiger partial charge < -0.3 is 4.90 Å². The Hall–Kier alpha value is -0.980. The Morgan fingerprint density at radius 3 is 2.23 bits per heavy atom. The number of likely N-dealkylation sites (tertiary alicyclic amines) is 1. The van der Waals surface area contributed by atoms with Gasteiger partial charge in [0.05, 0.1) is 0 Å². The maximum atomic E-state index is 4.12. The minimum Gasteiger partial charge on any atom is -0.365 e. The molecule has 0 saturated carbocycles. The van der Waals surface area contributed by atoms with Gasteiger partial charge >= 0.3 is 0 Å². The third-order valence-electron chi connectivity index (χ3n) is 2.60. The third-order valence-corrected chi connectivity index (χ3v) is 2.60. The van der Waals surface area contributed by atoms with Gasteiger partial charge in [0, 0.05) is 18.3 Å². The minimum atomic E-state index is 0.542. The van der Waals surface area contributed by atoms with Gasteiger partial charge in [0.25, 0.3) is 0 Å². The van der Waals surface area contributed by atoms with Crippen LogP contribution >= 0.6 is 0 Å². The van der Waals surface area contributed by atoms with E-state index >= 15 is 0 Å². The van der Waals surface area contributed by atoms with E-state index in [1.165, 1.54) is 16.8 Å². The molecular weight excluding hydrogens is 158 g/mol. The van der Waals surface area contributed by atoms with Crippen LogP contribution in [0.1, 0.15) is 27.7 Å². The van der Waals surface area contributed by atoms with Gasteiger partial charge in [-0.05, 0) is 38.8 Å². The fourth-order valence-corrected chi connectivity index (χ4v) is 1.80. The largest absolute Gasteiger partial charge is 0.365 e. The van der Waals surface area contributed by atoms with Crippen molar-refractivity contribution in [1.29, 1.82) is 0 Å². The van der Waals surface area contributed by atoms with Gasteiger partial charge in [-0.15, -0.1) is 0 Å². The Balaban J connectivity index is 2.98. The molecule has 0 aromatic rings. The van der Waals surface area contributed by atoms with Crippen molar-refractivity contribution in [2.45, 2.75) is 33.7 Å². The second-order valence-corrected chi connectivity index (χ2v) is 3.68. The molecule has 0 atom stereocenters. The van der Waals surface area contributed by atoms with Crippen molar-refractivity contribution in [1.82, 2.24) is 4.90 Å². The van der Waals surface area contributed by atoms with Gasteiger partial charge in [-0.25, -0.2) is 0 Å². The molecule has 13 heavy (non-hydrogen) atoms. The van der Waals surface area contributed by atoms with Crippen LogP contribution in [0, 0.1) is 0 Å². The molecule has 72 valence electrons. The number of hydrogen-bond donors (Lipinski definition) is 0. The summed E-state index contributed by atoms with van der Waals surface area (Å²) in [5.74, 6) is 0. The van der Waals surface area contributed by atoms with E-state index < -0.39 is 0 Å². The van der Waals surface area contributed by atoms with E-state index in [9.17, 15) is 0 Å². The second-order valence-electron chi connectivity index (χ2n) is 3.68. The third kappa shape index (κ3) is 1.69. The molecule has 1 heteroatoms. The fraction of sp³-hybridized carbons (Fsp3) is 0.500. The summed E-state index contributed by atoms with van der Waals surface area (Å²) in [6.07, 6.45) is 4.34.